The zero-order valence-electron chi connectivity index (χ0n) is 23.3. The van der Waals surface area contributed by atoms with E-state index in [1.807, 2.05) is 24.3 Å². The molecule has 1 spiro atoms. The van der Waals surface area contributed by atoms with E-state index in [4.69, 9.17) is 14.3 Å². The lowest BCUT2D eigenvalue weighted by molar-refractivity contribution is -0.156. The van der Waals surface area contributed by atoms with E-state index in [0.29, 0.717) is 0 Å². The molecule has 7 rings (SSSR count). The van der Waals surface area contributed by atoms with Crippen molar-refractivity contribution in [3.63, 3.8) is 0 Å². The molecule has 43 heavy (non-hydrogen) atoms. The molecule has 1 saturated heterocycles. The quantitative estimate of drug-likeness (QED) is 0.290. The summed E-state index contributed by atoms with van der Waals surface area (Å²) in [7, 11) is 1.65. The molecule has 2 aliphatic heterocycles. The predicted octanol–water partition coefficient (Wildman–Crippen LogP) is 5.70. The van der Waals surface area contributed by atoms with Crippen LogP contribution < -0.4 is 15.0 Å². The van der Waals surface area contributed by atoms with Gasteiger partial charge in [0.25, 0.3) is 0 Å². The van der Waals surface area contributed by atoms with Crippen molar-refractivity contribution < 1.29 is 32.2 Å². The van der Waals surface area contributed by atoms with E-state index in [1.54, 1.807) is 7.11 Å². The van der Waals surface area contributed by atoms with Crippen LogP contribution in [0.2, 0.25) is 0 Å². The number of hydrogen-bond donors (Lipinski definition) is 2. The summed E-state index contributed by atoms with van der Waals surface area (Å²) >= 11 is 0. The Hall–Kier alpha value is -4.64. The molecule has 2 N–H and O–H groups in total. The highest BCUT2D eigenvalue weighted by molar-refractivity contribution is 6.10. The fourth-order valence-corrected chi connectivity index (χ4v) is 5.89. The van der Waals surface area contributed by atoms with Gasteiger partial charge in [0.2, 0.25) is 12.2 Å². The number of morpholine rings is 1. The summed E-state index contributed by atoms with van der Waals surface area (Å²) in [6.45, 7) is 3.44. The summed E-state index contributed by atoms with van der Waals surface area (Å²) < 4.78 is 42.1. The van der Waals surface area contributed by atoms with Crippen LogP contribution in [-0.2, 0) is 19.7 Å². The molecule has 1 aromatic heterocycles. The third-order valence-electron chi connectivity index (χ3n) is 8.18. The van der Waals surface area contributed by atoms with Crippen LogP contribution in [-0.4, -0.2) is 62.0 Å². The average Bonchev–Trinajstić information content (AvgIpc) is 3.57. The van der Waals surface area contributed by atoms with Gasteiger partial charge in [0.05, 0.1) is 36.9 Å². The maximum atomic E-state index is 13.0. The average molecular weight is 591 g/mol. The Bertz CT molecular complexity index is 1690. The lowest BCUT2D eigenvalue weighted by Gasteiger charge is -2.28. The number of carbonyl (C=O) groups excluding carboxylic acids is 2. The van der Waals surface area contributed by atoms with E-state index < -0.39 is 17.9 Å². The highest BCUT2D eigenvalue weighted by Crippen LogP contribution is 2.65. The number of amides is 1. The van der Waals surface area contributed by atoms with Crippen LogP contribution in [0.5, 0.6) is 5.75 Å². The second-order valence-electron chi connectivity index (χ2n) is 10.7. The molecule has 8 nitrogen and oxygen atoms in total. The molecule has 1 amide bonds. The topological polar surface area (TPSA) is 96.6 Å². The molecule has 0 bridgehead atoms. The van der Waals surface area contributed by atoms with Crippen molar-refractivity contribution in [1.29, 1.82) is 0 Å². The summed E-state index contributed by atoms with van der Waals surface area (Å²) in [5.41, 5.74) is 6.81. The smallest absolute Gasteiger partial charge is 0.446 e. The number of carbonyl (C=O) groups is 2. The van der Waals surface area contributed by atoms with Crippen molar-refractivity contribution in [2.45, 2.75) is 23.9 Å². The van der Waals surface area contributed by atoms with Gasteiger partial charge in [0.1, 0.15) is 5.75 Å². The summed E-state index contributed by atoms with van der Waals surface area (Å²) in [6.07, 6.45) is -0.762. The first kappa shape index (κ1) is 28.5. The van der Waals surface area contributed by atoms with Gasteiger partial charge in [0, 0.05) is 35.8 Å². The summed E-state index contributed by atoms with van der Waals surface area (Å²) in [5.74, 6) is 0.989. The Kier molecular flexibility index (Phi) is 7.43. The van der Waals surface area contributed by atoms with Gasteiger partial charge in [-0.2, -0.15) is 18.3 Å². The van der Waals surface area contributed by atoms with Gasteiger partial charge in [-0.05, 0) is 65.6 Å². The normalized spacial score (nSPS) is 21.0. The number of H-pyrrole nitrogens is 1. The SMILES string of the molecule is COc1ccc2c(c1)[C@]1(CC1c1ccc3c(/C=C/c4ccc(N5CCOCC5)cc4)n[nH]c3c1)C(=O)N2.O=CC(F)(F)F. The van der Waals surface area contributed by atoms with E-state index in [9.17, 15) is 18.0 Å². The molecule has 1 aliphatic carbocycles. The van der Waals surface area contributed by atoms with Crippen LogP contribution in [0.1, 0.15) is 34.7 Å². The minimum absolute atomic E-state index is 0.0775. The van der Waals surface area contributed by atoms with E-state index in [1.165, 1.54) is 5.69 Å². The third-order valence-corrected chi connectivity index (χ3v) is 8.18. The first-order valence-corrected chi connectivity index (χ1v) is 13.8. The van der Waals surface area contributed by atoms with Gasteiger partial charge in [-0.1, -0.05) is 30.3 Å². The maximum Gasteiger partial charge on any atom is 0.446 e. The molecular weight excluding hydrogens is 561 g/mol. The second-order valence-corrected chi connectivity index (χ2v) is 10.7. The van der Waals surface area contributed by atoms with E-state index in [0.717, 1.165) is 77.4 Å². The lowest BCUT2D eigenvalue weighted by Crippen LogP contribution is -2.36. The number of aromatic nitrogens is 2. The first-order valence-electron chi connectivity index (χ1n) is 13.8. The van der Waals surface area contributed by atoms with Crippen LogP contribution >= 0.6 is 0 Å². The van der Waals surface area contributed by atoms with Gasteiger partial charge < -0.3 is 19.7 Å². The van der Waals surface area contributed by atoms with E-state index in [2.05, 4.69) is 69.0 Å². The number of aldehydes is 1. The highest BCUT2D eigenvalue weighted by atomic mass is 19.4. The first-order chi connectivity index (χ1) is 20.7. The number of halogens is 3. The number of nitrogens with one attached hydrogen (secondary N) is 2. The van der Waals surface area contributed by atoms with Crippen LogP contribution in [0.15, 0.2) is 60.7 Å². The Labute approximate surface area is 245 Å². The summed E-state index contributed by atoms with van der Waals surface area (Å²) in [5, 5.41) is 11.9. The van der Waals surface area contributed by atoms with Crippen LogP contribution in [0, 0.1) is 0 Å². The van der Waals surface area contributed by atoms with Crippen molar-refractivity contribution in [2.75, 3.05) is 43.6 Å². The molecule has 4 aromatic rings. The largest absolute Gasteiger partial charge is 0.497 e. The zero-order valence-corrected chi connectivity index (χ0v) is 23.3. The fraction of sp³-hybridized carbons (Fsp3) is 0.281. The van der Waals surface area contributed by atoms with Crippen LogP contribution in [0.3, 0.4) is 0 Å². The maximum absolute atomic E-state index is 13.0. The number of alkyl halides is 3. The molecule has 1 unspecified atom stereocenters. The monoisotopic (exact) mass is 590 g/mol. The summed E-state index contributed by atoms with van der Waals surface area (Å²) in [6, 6.07) is 20.8. The molecule has 3 aliphatic rings. The van der Waals surface area contributed by atoms with Crippen molar-refractivity contribution in [3.8, 4) is 5.75 Å². The van der Waals surface area contributed by atoms with Gasteiger partial charge in [-0.15, -0.1) is 0 Å². The van der Waals surface area contributed by atoms with Crippen molar-refractivity contribution in [2.24, 2.45) is 0 Å². The van der Waals surface area contributed by atoms with E-state index >= 15 is 0 Å². The molecule has 2 fully saturated rings. The molecule has 1 saturated carbocycles. The van der Waals surface area contributed by atoms with Crippen molar-refractivity contribution in [3.05, 3.63) is 83.0 Å². The minimum Gasteiger partial charge on any atom is -0.497 e. The number of ether oxygens (including phenoxy) is 2. The lowest BCUT2D eigenvalue weighted by atomic mass is 9.91. The third kappa shape index (κ3) is 5.60. The number of nitrogens with zero attached hydrogens (tertiary/aromatic N) is 2. The van der Waals surface area contributed by atoms with Gasteiger partial charge in [0.15, 0.2) is 0 Å². The number of fused-ring (bicyclic) bond motifs is 3. The predicted molar refractivity (Wildman–Crippen MR) is 157 cm³/mol. The molecule has 3 aromatic carbocycles. The number of hydrogen-bond acceptors (Lipinski definition) is 6. The highest BCUT2D eigenvalue weighted by Gasteiger charge is 2.65. The van der Waals surface area contributed by atoms with Crippen LogP contribution in [0.4, 0.5) is 24.5 Å². The Morgan fingerprint density at radius 2 is 1.79 bits per heavy atom. The molecule has 3 heterocycles. The number of rotatable bonds is 5. The van der Waals surface area contributed by atoms with Gasteiger partial charge >= 0.3 is 6.18 Å². The number of benzene rings is 3. The minimum atomic E-state index is -4.64. The van der Waals surface area contributed by atoms with Crippen molar-refractivity contribution >= 4 is 46.6 Å². The Morgan fingerprint density at radius 1 is 1.05 bits per heavy atom. The fourth-order valence-electron chi connectivity index (χ4n) is 5.89. The number of methoxy groups -OCH3 is 1. The number of anilines is 2. The molecule has 0 radical (unpaired) electrons. The molecule has 11 heteroatoms. The standard InChI is InChI=1S/C30H28N4O3.C2HF3O/c1-36-22-8-11-27-24(17-22)30(29(35)31-27)18-25(30)20-5-9-23-26(32-33-28(23)16-20)10-4-19-2-6-21(7-3-19)34-12-14-37-15-13-34;3-2(4,5)1-6/h2-11,16-17,25H,12-15,18H2,1H3,(H,31,35)(H,32,33);1H/b10-4+;/t25?,30-;/m0./s1. The van der Waals surface area contributed by atoms with Gasteiger partial charge in [-0.3, -0.25) is 14.7 Å². The summed E-state index contributed by atoms with van der Waals surface area (Å²) in [4.78, 5) is 24.1. The van der Waals surface area contributed by atoms with E-state index in [-0.39, 0.29) is 11.8 Å². The van der Waals surface area contributed by atoms with Crippen LogP contribution in [0.25, 0.3) is 23.1 Å². The second kappa shape index (κ2) is 11.2. The Morgan fingerprint density at radius 3 is 2.49 bits per heavy atom. The molecule has 222 valence electrons. The molecule has 2 atom stereocenters. The molecular formula is C32H29F3N4O4. The zero-order chi connectivity index (χ0) is 30.2. The van der Waals surface area contributed by atoms with Gasteiger partial charge in [-0.25, -0.2) is 0 Å². The van der Waals surface area contributed by atoms with Crippen molar-refractivity contribution in [1.82, 2.24) is 10.2 Å². The Balaban J connectivity index is 0.000000501. The number of aromatic amines is 1.